The van der Waals surface area contributed by atoms with Gasteiger partial charge < -0.3 is 19.7 Å². The van der Waals surface area contributed by atoms with Gasteiger partial charge in [-0.1, -0.05) is 6.07 Å². The molecule has 0 unspecified atom stereocenters. The lowest BCUT2D eigenvalue weighted by Gasteiger charge is -2.33. The minimum absolute atomic E-state index is 0.00794. The van der Waals surface area contributed by atoms with Crippen molar-refractivity contribution in [2.24, 2.45) is 0 Å². The zero-order valence-corrected chi connectivity index (χ0v) is 18.2. The van der Waals surface area contributed by atoms with Crippen molar-refractivity contribution in [1.29, 1.82) is 5.26 Å². The third-order valence-corrected chi connectivity index (χ3v) is 4.95. The first-order chi connectivity index (χ1) is 14.7. The Labute approximate surface area is 181 Å². The van der Waals surface area contributed by atoms with Crippen molar-refractivity contribution in [2.45, 2.75) is 45.3 Å². The molecule has 1 fully saturated rings. The minimum atomic E-state index is -0.583. The highest BCUT2D eigenvalue weighted by atomic mass is 19.1. The second kappa shape index (κ2) is 9.21. The van der Waals surface area contributed by atoms with E-state index in [2.05, 4.69) is 10.2 Å². The van der Waals surface area contributed by atoms with Crippen LogP contribution >= 0.6 is 0 Å². The molecule has 1 aromatic carbocycles. The standard InChI is InChI=1S/C23H27FN4O3/c1-23(2,3)31-22(29)26-17-7-9-28(10-8-17)21-13-18(30-4)12-20(27-21)15-5-6-16(14-25)19(24)11-15/h5-6,11-13,17H,7-10H2,1-4H3,(H,26,29). The summed E-state index contributed by atoms with van der Waals surface area (Å²) >= 11 is 0. The van der Waals surface area contributed by atoms with Gasteiger partial charge in [0.2, 0.25) is 0 Å². The van der Waals surface area contributed by atoms with Crippen LogP contribution in [0.5, 0.6) is 5.75 Å². The number of pyridine rings is 1. The molecule has 1 N–H and O–H groups in total. The van der Waals surface area contributed by atoms with Gasteiger partial charge in [-0.05, 0) is 45.7 Å². The molecule has 1 saturated heterocycles. The Balaban J connectivity index is 1.72. The highest BCUT2D eigenvalue weighted by Crippen LogP contribution is 2.29. The molecule has 164 valence electrons. The molecule has 1 aromatic heterocycles. The monoisotopic (exact) mass is 426 g/mol. The van der Waals surface area contributed by atoms with Crippen molar-refractivity contribution in [3.63, 3.8) is 0 Å². The number of carbonyl (C=O) groups excluding carboxylic acids is 1. The quantitative estimate of drug-likeness (QED) is 0.786. The van der Waals surface area contributed by atoms with E-state index in [9.17, 15) is 9.18 Å². The molecular weight excluding hydrogens is 399 g/mol. The van der Waals surface area contributed by atoms with Gasteiger partial charge in [-0.15, -0.1) is 0 Å². The molecule has 7 nitrogen and oxygen atoms in total. The fourth-order valence-electron chi connectivity index (χ4n) is 3.41. The van der Waals surface area contributed by atoms with E-state index < -0.39 is 17.5 Å². The molecule has 1 aliphatic rings. The molecule has 0 radical (unpaired) electrons. The number of aromatic nitrogens is 1. The smallest absolute Gasteiger partial charge is 0.407 e. The van der Waals surface area contributed by atoms with Crippen LogP contribution in [0, 0.1) is 17.1 Å². The zero-order valence-electron chi connectivity index (χ0n) is 18.2. The Morgan fingerprint density at radius 3 is 2.55 bits per heavy atom. The number of alkyl carbamates (subject to hydrolysis) is 1. The number of benzene rings is 1. The second-order valence-corrected chi connectivity index (χ2v) is 8.46. The Kier molecular flexibility index (Phi) is 6.64. The number of carbonyl (C=O) groups is 1. The summed E-state index contributed by atoms with van der Waals surface area (Å²) in [5.41, 5.74) is 0.590. The van der Waals surface area contributed by atoms with Gasteiger partial charge in [-0.3, -0.25) is 0 Å². The Bertz CT molecular complexity index is 989. The van der Waals surface area contributed by atoms with Crippen LogP contribution in [-0.4, -0.2) is 42.9 Å². The summed E-state index contributed by atoms with van der Waals surface area (Å²) in [5, 5.41) is 11.9. The molecule has 1 amide bonds. The normalized spacial score (nSPS) is 14.6. The maximum absolute atomic E-state index is 14.1. The number of piperidine rings is 1. The second-order valence-electron chi connectivity index (χ2n) is 8.46. The number of halogens is 1. The van der Waals surface area contributed by atoms with E-state index in [1.807, 2.05) is 32.9 Å². The molecule has 0 aliphatic carbocycles. The summed E-state index contributed by atoms with van der Waals surface area (Å²) in [6.07, 6.45) is 1.09. The summed E-state index contributed by atoms with van der Waals surface area (Å²) in [6.45, 7) is 6.90. The van der Waals surface area contributed by atoms with E-state index in [1.54, 1.807) is 19.2 Å². The van der Waals surface area contributed by atoms with Gasteiger partial charge in [-0.2, -0.15) is 5.26 Å². The number of rotatable bonds is 4. The van der Waals surface area contributed by atoms with Gasteiger partial charge in [0.15, 0.2) is 0 Å². The van der Waals surface area contributed by atoms with Gasteiger partial charge in [0.1, 0.15) is 29.1 Å². The van der Waals surface area contributed by atoms with Gasteiger partial charge in [0.25, 0.3) is 0 Å². The lowest BCUT2D eigenvalue weighted by Crippen LogP contribution is -2.46. The number of methoxy groups -OCH3 is 1. The van der Waals surface area contributed by atoms with E-state index in [4.69, 9.17) is 19.7 Å². The molecule has 2 aromatic rings. The molecule has 0 spiro atoms. The summed E-state index contributed by atoms with van der Waals surface area (Å²) < 4.78 is 24.8. The molecule has 2 heterocycles. The highest BCUT2D eigenvalue weighted by molar-refractivity contribution is 5.68. The van der Waals surface area contributed by atoms with Crippen molar-refractivity contribution in [3.05, 3.63) is 41.7 Å². The maximum Gasteiger partial charge on any atom is 0.407 e. The van der Waals surface area contributed by atoms with Crippen LogP contribution in [0.3, 0.4) is 0 Å². The fraction of sp³-hybridized carbons (Fsp3) is 0.435. The minimum Gasteiger partial charge on any atom is -0.497 e. The van der Waals surface area contributed by atoms with Crippen molar-refractivity contribution in [3.8, 4) is 23.1 Å². The van der Waals surface area contributed by atoms with Gasteiger partial charge in [0, 0.05) is 36.8 Å². The Hall–Kier alpha value is -3.34. The molecule has 0 atom stereocenters. The predicted octanol–water partition coefficient (Wildman–Crippen LogP) is 4.26. The SMILES string of the molecule is COc1cc(-c2ccc(C#N)c(F)c2)nc(N2CCC(NC(=O)OC(C)(C)C)CC2)c1. The largest absolute Gasteiger partial charge is 0.497 e. The van der Waals surface area contributed by atoms with Gasteiger partial charge in [0.05, 0.1) is 18.4 Å². The van der Waals surface area contributed by atoms with Crippen LogP contribution in [0.2, 0.25) is 0 Å². The number of anilines is 1. The number of amides is 1. The van der Waals surface area contributed by atoms with E-state index in [0.29, 0.717) is 30.1 Å². The molecule has 1 aliphatic heterocycles. The van der Waals surface area contributed by atoms with Crippen molar-refractivity contribution in [2.75, 3.05) is 25.1 Å². The fourth-order valence-corrected chi connectivity index (χ4v) is 3.41. The lowest BCUT2D eigenvalue weighted by atomic mass is 10.0. The maximum atomic E-state index is 14.1. The average Bonchev–Trinajstić information content (AvgIpc) is 2.72. The van der Waals surface area contributed by atoms with Gasteiger partial charge in [-0.25, -0.2) is 14.2 Å². The van der Waals surface area contributed by atoms with Crippen LogP contribution < -0.4 is 15.0 Å². The van der Waals surface area contributed by atoms with Crippen LogP contribution in [0.15, 0.2) is 30.3 Å². The average molecular weight is 426 g/mol. The lowest BCUT2D eigenvalue weighted by molar-refractivity contribution is 0.0497. The van der Waals surface area contributed by atoms with Crippen LogP contribution in [0.4, 0.5) is 15.0 Å². The zero-order chi connectivity index (χ0) is 22.6. The van der Waals surface area contributed by atoms with E-state index in [0.717, 1.165) is 18.7 Å². The number of nitrogens with one attached hydrogen (secondary N) is 1. The molecular formula is C23H27FN4O3. The predicted molar refractivity (Wildman–Crippen MR) is 116 cm³/mol. The molecule has 31 heavy (non-hydrogen) atoms. The molecule has 8 heteroatoms. The van der Waals surface area contributed by atoms with Crippen molar-refractivity contribution in [1.82, 2.24) is 10.3 Å². The molecule has 3 rings (SSSR count). The number of nitriles is 1. The first kappa shape index (κ1) is 22.3. The highest BCUT2D eigenvalue weighted by Gasteiger charge is 2.25. The summed E-state index contributed by atoms with van der Waals surface area (Å²) in [5.74, 6) is 0.744. The van der Waals surface area contributed by atoms with Crippen LogP contribution in [0.25, 0.3) is 11.3 Å². The van der Waals surface area contributed by atoms with Crippen molar-refractivity contribution >= 4 is 11.9 Å². The van der Waals surface area contributed by atoms with Crippen molar-refractivity contribution < 1.29 is 18.7 Å². The van der Waals surface area contributed by atoms with E-state index in [1.165, 1.54) is 12.1 Å². The van der Waals surface area contributed by atoms with Crippen LogP contribution in [0.1, 0.15) is 39.2 Å². The van der Waals surface area contributed by atoms with E-state index >= 15 is 0 Å². The van der Waals surface area contributed by atoms with E-state index in [-0.39, 0.29) is 11.6 Å². The number of nitrogens with zero attached hydrogens (tertiary/aromatic N) is 3. The molecule has 0 bridgehead atoms. The summed E-state index contributed by atoms with van der Waals surface area (Å²) in [6, 6.07) is 9.85. The number of hydrogen-bond donors (Lipinski definition) is 1. The Morgan fingerprint density at radius 2 is 1.97 bits per heavy atom. The first-order valence-electron chi connectivity index (χ1n) is 10.2. The summed E-state index contributed by atoms with van der Waals surface area (Å²) in [4.78, 5) is 18.8. The van der Waals surface area contributed by atoms with Gasteiger partial charge >= 0.3 is 6.09 Å². The third kappa shape index (κ3) is 5.85. The number of ether oxygens (including phenoxy) is 2. The topological polar surface area (TPSA) is 87.5 Å². The Morgan fingerprint density at radius 1 is 1.26 bits per heavy atom. The van der Waals surface area contributed by atoms with Crippen LogP contribution in [-0.2, 0) is 4.74 Å². The number of hydrogen-bond acceptors (Lipinski definition) is 6. The molecule has 0 saturated carbocycles. The third-order valence-electron chi connectivity index (χ3n) is 4.95. The first-order valence-corrected chi connectivity index (χ1v) is 10.2. The summed E-state index contributed by atoms with van der Waals surface area (Å²) in [7, 11) is 1.57.